The third kappa shape index (κ3) is 5.26. The lowest BCUT2D eigenvalue weighted by molar-refractivity contribution is 0.0706. The van der Waals surface area contributed by atoms with Gasteiger partial charge in [0, 0.05) is 36.7 Å². The van der Waals surface area contributed by atoms with Gasteiger partial charge in [0.15, 0.2) is 0 Å². The number of hydrogen-bond donors (Lipinski definition) is 4. The lowest BCUT2D eigenvalue weighted by atomic mass is 10.0. The molecule has 9 nitrogen and oxygen atoms in total. The smallest absolute Gasteiger partial charge is 0.320 e. The third-order valence-electron chi connectivity index (χ3n) is 5.12. The van der Waals surface area contributed by atoms with E-state index in [9.17, 15) is 9.59 Å². The van der Waals surface area contributed by atoms with Crippen molar-refractivity contribution in [2.75, 3.05) is 18.5 Å². The number of aromatic nitrogens is 2. The quantitative estimate of drug-likeness (QED) is 0.349. The van der Waals surface area contributed by atoms with Gasteiger partial charge in [-0.15, -0.1) is 0 Å². The van der Waals surface area contributed by atoms with E-state index in [0.717, 1.165) is 29.5 Å². The highest BCUT2D eigenvalue weighted by atomic mass is 16.5. The number of hydroxylamine groups is 1. The van der Waals surface area contributed by atoms with Gasteiger partial charge in [0.2, 0.25) is 0 Å². The number of amides is 3. The van der Waals surface area contributed by atoms with Crippen LogP contribution in [-0.4, -0.2) is 46.4 Å². The minimum Gasteiger partial charge on any atom is -0.376 e. The van der Waals surface area contributed by atoms with Gasteiger partial charge in [0.05, 0.1) is 11.8 Å². The van der Waals surface area contributed by atoms with Gasteiger partial charge in [-0.3, -0.25) is 20.3 Å². The van der Waals surface area contributed by atoms with Gasteiger partial charge in [-0.25, -0.2) is 15.3 Å². The third-order valence-corrected chi connectivity index (χ3v) is 5.12. The zero-order valence-corrected chi connectivity index (χ0v) is 17.2. The number of nitrogens with zero attached hydrogens (tertiary/aromatic N) is 2. The SMILES string of the molecule is O=C(NCC1CCCO1)Nc1cc(C(=O)NO)cc(-c2ccc(-c3cccnc3)cc2)n1. The van der Waals surface area contributed by atoms with Crippen molar-refractivity contribution in [2.45, 2.75) is 18.9 Å². The number of carbonyl (C=O) groups is 2. The molecule has 0 saturated carbocycles. The molecule has 164 valence electrons. The molecule has 9 heteroatoms. The summed E-state index contributed by atoms with van der Waals surface area (Å²) in [6, 6.07) is 13.9. The highest BCUT2D eigenvalue weighted by Crippen LogP contribution is 2.25. The first-order valence-electron chi connectivity index (χ1n) is 10.3. The van der Waals surface area contributed by atoms with Crippen molar-refractivity contribution in [1.29, 1.82) is 0 Å². The fraction of sp³-hybridized carbons (Fsp3) is 0.217. The van der Waals surface area contributed by atoms with Crippen molar-refractivity contribution < 1.29 is 19.5 Å². The molecule has 1 aromatic carbocycles. The van der Waals surface area contributed by atoms with E-state index in [0.29, 0.717) is 18.8 Å². The van der Waals surface area contributed by atoms with Crippen molar-refractivity contribution in [1.82, 2.24) is 20.8 Å². The Bertz CT molecular complexity index is 1080. The van der Waals surface area contributed by atoms with Crippen molar-refractivity contribution in [3.63, 3.8) is 0 Å². The summed E-state index contributed by atoms with van der Waals surface area (Å²) in [7, 11) is 0. The first-order valence-corrected chi connectivity index (χ1v) is 10.3. The molecule has 1 aliphatic heterocycles. The molecule has 1 fully saturated rings. The Morgan fingerprint density at radius 2 is 1.91 bits per heavy atom. The maximum absolute atomic E-state index is 12.3. The monoisotopic (exact) mass is 433 g/mol. The van der Waals surface area contributed by atoms with E-state index in [1.165, 1.54) is 6.07 Å². The molecule has 3 aromatic rings. The fourth-order valence-corrected chi connectivity index (χ4v) is 3.48. The summed E-state index contributed by atoms with van der Waals surface area (Å²) in [6.07, 6.45) is 5.39. The average Bonchev–Trinajstić information content (AvgIpc) is 3.36. The average molecular weight is 433 g/mol. The van der Waals surface area contributed by atoms with Crippen molar-refractivity contribution in [2.24, 2.45) is 0 Å². The fourth-order valence-electron chi connectivity index (χ4n) is 3.48. The van der Waals surface area contributed by atoms with E-state index in [1.807, 2.05) is 36.4 Å². The Balaban J connectivity index is 1.54. The lowest BCUT2D eigenvalue weighted by Gasteiger charge is -2.13. The highest BCUT2D eigenvalue weighted by Gasteiger charge is 2.17. The van der Waals surface area contributed by atoms with Crippen LogP contribution in [0, 0.1) is 0 Å². The van der Waals surface area contributed by atoms with Crippen LogP contribution in [0.3, 0.4) is 0 Å². The molecule has 3 amide bonds. The molecular weight excluding hydrogens is 410 g/mol. The molecule has 3 heterocycles. The second kappa shape index (κ2) is 9.99. The minimum absolute atomic E-state index is 0.00843. The van der Waals surface area contributed by atoms with Crippen LogP contribution in [0.15, 0.2) is 60.9 Å². The van der Waals surface area contributed by atoms with Gasteiger partial charge in [-0.2, -0.15) is 0 Å². The molecule has 4 N–H and O–H groups in total. The summed E-state index contributed by atoms with van der Waals surface area (Å²) in [4.78, 5) is 32.9. The predicted molar refractivity (Wildman–Crippen MR) is 118 cm³/mol. The van der Waals surface area contributed by atoms with Crippen LogP contribution >= 0.6 is 0 Å². The summed E-state index contributed by atoms with van der Waals surface area (Å²) >= 11 is 0. The Hall–Kier alpha value is -3.82. The highest BCUT2D eigenvalue weighted by molar-refractivity contribution is 5.97. The molecule has 0 radical (unpaired) electrons. The number of anilines is 1. The molecule has 4 rings (SSSR count). The van der Waals surface area contributed by atoms with E-state index in [1.54, 1.807) is 23.9 Å². The van der Waals surface area contributed by atoms with Crippen LogP contribution in [0.4, 0.5) is 10.6 Å². The van der Waals surface area contributed by atoms with Gasteiger partial charge >= 0.3 is 6.03 Å². The summed E-state index contributed by atoms with van der Waals surface area (Å²) in [5, 5.41) is 14.4. The lowest BCUT2D eigenvalue weighted by Crippen LogP contribution is -2.35. The second-order valence-electron chi connectivity index (χ2n) is 7.36. The van der Waals surface area contributed by atoms with E-state index in [2.05, 4.69) is 20.6 Å². The number of rotatable bonds is 6. The number of nitrogens with one attached hydrogen (secondary N) is 3. The molecule has 32 heavy (non-hydrogen) atoms. The molecular formula is C23H23N5O4. The molecule has 1 unspecified atom stereocenters. The van der Waals surface area contributed by atoms with Crippen LogP contribution in [0.1, 0.15) is 23.2 Å². The number of ether oxygens (including phenoxy) is 1. The zero-order chi connectivity index (χ0) is 22.3. The maximum atomic E-state index is 12.3. The Morgan fingerprint density at radius 3 is 2.59 bits per heavy atom. The molecule has 0 aliphatic carbocycles. The van der Waals surface area contributed by atoms with Crippen LogP contribution in [0.25, 0.3) is 22.4 Å². The standard InChI is InChI=1S/C23H23N5O4/c29-22(28-31)18-11-20(16-7-5-15(6-8-16)17-3-1-9-24-13-17)26-21(12-18)27-23(30)25-14-19-4-2-10-32-19/h1,3,5-9,11-13,19,31H,2,4,10,14H2,(H,28,29)(H2,25,26,27,30). The molecule has 0 spiro atoms. The van der Waals surface area contributed by atoms with Crippen LogP contribution in [-0.2, 0) is 4.74 Å². The molecule has 1 aliphatic rings. The van der Waals surface area contributed by atoms with Crippen molar-refractivity contribution in [3.05, 3.63) is 66.5 Å². The zero-order valence-electron chi connectivity index (χ0n) is 17.2. The van der Waals surface area contributed by atoms with Crippen LogP contribution in [0.2, 0.25) is 0 Å². The second-order valence-corrected chi connectivity index (χ2v) is 7.36. The number of hydrogen-bond acceptors (Lipinski definition) is 6. The van der Waals surface area contributed by atoms with Crippen LogP contribution < -0.4 is 16.1 Å². The van der Waals surface area contributed by atoms with E-state index >= 15 is 0 Å². The van der Waals surface area contributed by atoms with Gasteiger partial charge in [0.1, 0.15) is 5.82 Å². The van der Waals surface area contributed by atoms with Gasteiger partial charge < -0.3 is 10.1 Å². The van der Waals surface area contributed by atoms with Crippen molar-refractivity contribution in [3.8, 4) is 22.4 Å². The van der Waals surface area contributed by atoms with Gasteiger partial charge in [-0.1, -0.05) is 30.3 Å². The minimum atomic E-state index is -0.705. The normalized spacial score (nSPS) is 15.2. The van der Waals surface area contributed by atoms with E-state index in [-0.39, 0.29) is 17.5 Å². The molecule has 0 bridgehead atoms. The topological polar surface area (TPSA) is 125 Å². The Morgan fingerprint density at radius 1 is 1.09 bits per heavy atom. The van der Waals surface area contributed by atoms with Gasteiger partial charge in [0.25, 0.3) is 5.91 Å². The van der Waals surface area contributed by atoms with Gasteiger partial charge in [-0.05, 0) is 42.2 Å². The predicted octanol–water partition coefficient (Wildman–Crippen LogP) is 3.23. The van der Waals surface area contributed by atoms with Crippen LogP contribution in [0.5, 0.6) is 0 Å². The first kappa shape index (κ1) is 21.4. The number of carbonyl (C=O) groups excluding carboxylic acids is 2. The molecule has 1 saturated heterocycles. The summed E-state index contributed by atoms with van der Waals surface area (Å²) in [5.41, 5.74) is 4.95. The summed E-state index contributed by atoms with van der Waals surface area (Å²) < 4.78 is 5.49. The largest absolute Gasteiger partial charge is 0.376 e. The first-order chi connectivity index (χ1) is 15.6. The molecule has 1 atom stereocenters. The van der Waals surface area contributed by atoms with Crippen molar-refractivity contribution >= 4 is 17.8 Å². The summed E-state index contributed by atoms with van der Waals surface area (Å²) in [5.74, 6) is -0.522. The van der Waals surface area contributed by atoms with E-state index < -0.39 is 11.9 Å². The summed E-state index contributed by atoms with van der Waals surface area (Å²) in [6.45, 7) is 1.10. The Kier molecular flexibility index (Phi) is 6.69. The maximum Gasteiger partial charge on any atom is 0.320 e. The number of benzene rings is 1. The molecule has 2 aromatic heterocycles. The van der Waals surface area contributed by atoms with E-state index in [4.69, 9.17) is 9.94 Å². The number of pyridine rings is 2. The number of urea groups is 1. The Labute approximate surface area is 184 Å².